The second kappa shape index (κ2) is 6.61. The second-order valence-electron chi connectivity index (χ2n) is 3.86. The van der Waals surface area contributed by atoms with Crippen LogP contribution in [-0.4, -0.2) is 25.9 Å². The molecule has 1 aromatic rings. The largest absolute Gasteiger partial charge is 0.396 e. The summed E-state index contributed by atoms with van der Waals surface area (Å²) >= 11 is 0. The first-order valence-corrected chi connectivity index (χ1v) is 7.43. The Labute approximate surface area is 103 Å². The van der Waals surface area contributed by atoms with E-state index in [9.17, 15) is 8.42 Å². The lowest BCUT2D eigenvalue weighted by atomic mass is 10.1. The minimum atomic E-state index is -3.30. The number of nitrogens with one attached hydrogen (secondary N) is 1. The molecule has 0 aromatic heterocycles. The summed E-state index contributed by atoms with van der Waals surface area (Å²) in [5.74, 6) is 0.0472. The van der Waals surface area contributed by atoms with Gasteiger partial charge in [0.1, 0.15) is 0 Å². The van der Waals surface area contributed by atoms with Crippen LogP contribution in [0.15, 0.2) is 24.3 Å². The van der Waals surface area contributed by atoms with Crippen molar-refractivity contribution < 1.29 is 13.5 Å². The fourth-order valence-electron chi connectivity index (χ4n) is 1.55. The first-order valence-electron chi connectivity index (χ1n) is 5.78. The smallest absolute Gasteiger partial charge is 0.232 e. The molecule has 1 aromatic carbocycles. The number of rotatable bonds is 7. The SMILES string of the molecule is CCc1ccccc1NS(=O)(=O)CCCCO. The highest BCUT2D eigenvalue weighted by atomic mass is 32.2. The molecule has 1 rings (SSSR count). The number of benzene rings is 1. The van der Waals surface area contributed by atoms with Crippen LogP contribution in [0.5, 0.6) is 0 Å². The third-order valence-electron chi connectivity index (χ3n) is 2.48. The van der Waals surface area contributed by atoms with E-state index in [4.69, 9.17) is 5.11 Å². The molecular formula is C12H19NO3S. The molecule has 0 saturated heterocycles. The maximum absolute atomic E-state index is 11.8. The van der Waals surface area contributed by atoms with Crippen LogP contribution < -0.4 is 4.72 Å². The van der Waals surface area contributed by atoms with E-state index in [0.29, 0.717) is 18.5 Å². The summed E-state index contributed by atoms with van der Waals surface area (Å²) in [5.41, 5.74) is 1.64. The van der Waals surface area contributed by atoms with Gasteiger partial charge in [0.15, 0.2) is 0 Å². The van der Waals surface area contributed by atoms with Crippen molar-refractivity contribution in [3.05, 3.63) is 29.8 Å². The minimum Gasteiger partial charge on any atom is -0.396 e. The Hall–Kier alpha value is -1.07. The molecule has 0 fully saturated rings. The van der Waals surface area contributed by atoms with Gasteiger partial charge in [0.25, 0.3) is 0 Å². The molecule has 0 spiro atoms. The van der Waals surface area contributed by atoms with E-state index in [-0.39, 0.29) is 12.4 Å². The van der Waals surface area contributed by atoms with Gasteiger partial charge in [0.2, 0.25) is 10.0 Å². The summed E-state index contributed by atoms with van der Waals surface area (Å²) < 4.78 is 26.1. The van der Waals surface area contributed by atoms with Gasteiger partial charge in [-0.25, -0.2) is 8.42 Å². The Balaban J connectivity index is 2.69. The summed E-state index contributed by atoms with van der Waals surface area (Å²) in [6.45, 7) is 2.01. The molecule has 0 aliphatic heterocycles. The van der Waals surface area contributed by atoms with Gasteiger partial charge in [0, 0.05) is 6.61 Å². The van der Waals surface area contributed by atoms with Gasteiger partial charge in [-0.15, -0.1) is 0 Å². The van der Waals surface area contributed by atoms with Crippen molar-refractivity contribution in [2.24, 2.45) is 0 Å². The van der Waals surface area contributed by atoms with Crippen molar-refractivity contribution in [3.63, 3.8) is 0 Å². The zero-order chi connectivity index (χ0) is 12.7. The number of hydrogen-bond donors (Lipinski definition) is 2. The number of sulfonamides is 1. The van der Waals surface area contributed by atoms with Crippen LogP contribution in [0, 0.1) is 0 Å². The van der Waals surface area contributed by atoms with Gasteiger partial charge >= 0.3 is 0 Å². The predicted molar refractivity (Wildman–Crippen MR) is 69.5 cm³/mol. The maximum Gasteiger partial charge on any atom is 0.232 e. The molecule has 0 heterocycles. The number of aliphatic hydroxyl groups excluding tert-OH is 1. The quantitative estimate of drug-likeness (QED) is 0.731. The molecule has 17 heavy (non-hydrogen) atoms. The zero-order valence-electron chi connectivity index (χ0n) is 10.0. The number of hydrogen-bond acceptors (Lipinski definition) is 3. The summed E-state index contributed by atoms with van der Waals surface area (Å²) in [5, 5.41) is 8.62. The second-order valence-corrected chi connectivity index (χ2v) is 5.70. The molecule has 2 N–H and O–H groups in total. The molecule has 5 heteroatoms. The molecular weight excluding hydrogens is 238 g/mol. The van der Waals surface area contributed by atoms with Crippen molar-refractivity contribution in [3.8, 4) is 0 Å². The Kier molecular flexibility index (Phi) is 5.44. The predicted octanol–water partition coefficient (Wildman–Crippen LogP) is 1.76. The monoisotopic (exact) mass is 257 g/mol. The fraction of sp³-hybridized carbons (Fsp3) is 0.500. The van der Waals surface area contributed by atoms with Crippen molar-refractivity contribution in [1.29, 1.82) is 0 Å². The third-order valence-corrected chi connectivity index (χ3v) is 3.84. The van der Waals surface area contributed by atoms with Crippen molar-refractivity contribution >= 4 is 15.7 Å². The van der Waals surface area contributed by atoms with Crippen molar-refractivity contribution in [1.82, 2.24) is 0 Å². The van der Waals surface area contributed by atoms with Gasteiger partial charge in [-0.3, -0.25) is 4.72 Å². The van der Waals surface area contributed by atoms with Crippen LogP contribution in [0.25, 0.3) is 0 Å². The average Bonchev–Trinajstić information content (AvgIpc) is 2.29. The van der Waals surface area contributed by atoms with E-state index in [1.54, 1.807) is 6.07 Å². The lowest BCUT2D eigenvalue weighted by Gasteiger charge is -2.11. The zero-order valence-corrected chi connectivity index (χ0v) is 10.8. The van der Waals surface area contributed by atoms with Gasteiger partial charge < -0.3 is 5.11 Å². The van der Waals surface area contributed by atoms with Gasteiger partial charge in [-0.1, -0.05) is 25.1 Å². The van der Waals surface area contributed by atoms with Gasteiger partial charge in [0.05, 0.1) is 11.4 Å². The number of para-hydroxylation sites is 1. The Morgan fingerprint density at radius 2 is 1.94 bits per heavy atom. The first kappa shape index (κ1) is 14.0. The standard InChI is InChI=1S/C12H19NO3S/c1-2-11-7-3-4-8-12(11)13-17(15,16)10-6-5-9-14/h3-4,7-8,13-14H,2,5-6,9-10H2,1H3. The number of unbranched alkanes of at least 4 members (excludes halogenated alkanes) is 1. The Bertz CT molecular complexity index is 443. The van der Waals surface area contributed by atoms with Crippen LogP contribution in [0.4, 0.5) is 5.69 Å². The van der Waals surface area contributed by atoms with Crippen LogP contribution in [0.2, 0.25) is 0 Å². The van der Waals surface area contributed by atoms with Crippen molar-refractivity contribution in [2.75, 3.05) is 17.1 Å². The Morgan fingerprint density at radius 3 is 2.59 bits per heavy atom. The number of anilines is 1. The van der Waals surface area contributed by atoms with E-state index < -0.39 is 10.0 Å². The molecule has 0 aliphatic carbocycles. The van der Waals surface area contributed by atoms with E-state index in [2.05, 4.69) is 4.72 Å². The lowest BCUT2D eigenvalue weighted by Crippen LogP contribution is -2.17. The topological polar surface area (TPSA) is 66.4 Å². The highest BCUT2D eigenvalue weighted by Crippen LogP contribution is 2.17. The molecule has 96 valence electrons. The fourth-order valence-corrected chi connectivity index (χ4v) is 2.77. The molecule has 0 unspecified atom stereocenters. The Morgan fingerprint density at radius 1 is 1.24 bits per heavy atom. The normalized spacial score (nSPS) is 11.4. The minimum absolute atomic E-state index is 0.0288. The van der Waals surface area contributed by atoms with Gasteiger partial charge in [-0.2, -0.15) is 0 Å². The molecule has 0 amide bonds. The molecule has 0 aliphatic rings. The van der Waals surface area contributed by atoms with E-state index in [0.717, 1.165) is 12.0 Å². The van der Waals surface area contributed by atoms with E-state index in [1.165, 1.54) is 0 Å². The summed E-state index contributed by atoms with van der Waals surface area (Å²) in [6, 6.07) is 7.38. The molecule has 0 bridgehead atoms. The summed E-state index contributed by atoms with van der Waals surface area (Å²) in [4.78, 5) is 0. The summed E-state index contributed by atoms with van der Waals surface area (Å²) in [6.07, 6.45) is 1.77. The molecule has 0 radical (unpaired) electrons. The highest BCUT2D eigenvalue weighted by Gasteiger charge is 2.11. The van der Waals surface area contributed by atoms with Gasteiger partial charge in [-0.05, 0) is 30.9 Å². The van der Waals surface area contributed by atoms with E-state index in [1.807, 2.05) is 25.1 Å². The van der Waals surface area contributed by atoms with Crippen molar-refractivity contribution in [2.45, 2.75) is 26.2 Å². The molecule has 0 saturated carbocycles. The van der Waals surface area contributed by atoms with E-state index >= 15 is 0 Å². The first-order chi connectivity index (χ1) is 8.09. The summed E-state index contributed by atoms with van der Waals surface area (Å²) in [7, 11) is -3.30. The molecule has 4 nitrogen and oxygen atoms in total. The molecule has 0 atom stereocenters. The lowest BCUT2D eigenvalue weighted by molar-refractivity contribution is 0.287. The number of aliphatic hydroxyl groups is 1. The highest BCUT2D eigenvalue weighted by molar-refractivity contribution is 7.92. The maximum atomic E-state index is 11.8. The van der Waals surface area contributed by atoms with Crippen LogP contribution in [-0.2, 0) is 16.4 Å². The van der Waals surface area contributed by atoms with Crippen LogP contribution in [0.3, 0.4) is 0 Å². The average molecular weight is 257 g/mol. The van der Waals surface area contributed by atoms with Crippen LogP contribution in [0.1, 0.15) is 25.3 Å². The third kappa shape index (κ3) is 4.75. The van der Waals surface area contributed by atoms with Crippen LogP contribution >= 0.6 is 0 Å². The number of aryl methyl sites for hydroxylation is 1.